The first-order chi connectivity index (χ1) is 8.24. The Balaban J connectivity index is 2.77. The Morgan fingerprint density at radius 2 is 1.94 bits per heavy atom. The molecule has 0 bridgehead atoms. The molecule has 0 aromatic rings. The Kier molecular flexibility index (Phi) is 4.53. The van der Waals surface area contributed by atoms with E-state index in [1.807, 2.05) is 0 Å². The number of likely N-dealkylation sites (tertiary alicyclic amines) is 1. The summed E-state index contributed by atoms with van der Waals surface area (Å²) in [6.07, 6.45) is -1.52. The maximum absolute atomic E-state index is 13.3. The number of hydrogen-bond acceptors (Lipinski definition) is 4. The van der Waals surface area contributed by atoms with Gasteiger partial charge < -0.3 is 9.47 Å². The van der Waals surface area contributed by atoms with Crippen LogP contribution in [0.3, 0.4) is 0 Å². The molecule has 0 radical (unpaired) electrons. The van der Waals surface area contributed by atoms with Crippen LogP contribution in [-0.2, 0) is 14.3 Å². The summed E-state index contributed by atoms with van der Waals surface area (Å²) in [6, 6.07) is -0.895. The fraction of sp³-hybridized carbons (Fsp3) is 0.833. The SMILES string of the molecule is COC(=O)[C@@H]1CC(F)CCN1C(=O)OC(C)(C)C. The van der Waals surface area contributed by atoms with Gasteiger partial charge in [0.15, 0.2) is 0 Å². The van der Waals surface area contributed by atoms with Gasteiger partial charge in [-0.2, -0.15) is 0 Å². The van der Waals surface area contributed by atoms with E-state index in [1.165, 1.54) is 12.0 Å². The van der Waals surface area contributed by atoms with E-state index in [0.29, 0.717) is 0 Å². The van der Waals surface area contributed by atoms with Crippen molar-refractivity contribution in [2.24, 2.45) is 0 Å². The van der Waals surface area contributed by atoms with Gasteiger partial charge in [-0.3, -0.25) is 4.90 Å². The van der Waals surface area contributed by atoms with Gasteiger partial charge in [-0.25, -0.2) is 14.0 Å². The van der Waals surface area contributed by atoms with E-state index in [-0.39, 0.29) is 19.4 Å². The number of carbonyl (C=O) groups is 2. The maximum atomic E-state index is 13.3. The molecule has 1 unspecified atom stereocenters. The smallest absolute Gasteiger partial charge is 0.411 e. The summed E-state index contributed by atoms with van der Waals surface area (Å²) < 4.78 is 23.1. The van der Waals surface area contributed by atoms with Gasteiger partial charge in [0, 0.05) is 13.0 Å². The number of amides is 1. The van der Waals surface area contributed by atoms with Crippen LogP contribution < -0.4 is 0 Å². The number of ether oxygens (including phenoxy) is 2. The van der Waals surface area contributed by atoms with E-state index in [0.717, 1.165) is 0 Å². The predicted octanol–water partition coefficient (Wildman–Crippen LogP) is 1.90. The second-order valence-corrected chi connectivity index (χ2v) is 5.33. The molecule has 0 spiro atoms. The number of halogens is 1. The van der Waals surface area contributed by atoms with Crippen molar-refractivity contribution in [1.82, 2.24) is 4.90 Å². The van der Waals surface area contributed by atoms with Gasteiger partial charge in [0.25, 0.3) is 0 Å². The van der Waals surface area contributed by atoms with Crippen LogP contribution in [-0.4, -0.2) is 48.4 Å². The van der Waals surface area contributed by atoms with E-state index in [4.69, 9.17) is 4.74 Å². The summed E-state index contributed by atoms with van der Waals surface area (Å²) >= 11 is 0. The van der Waals surface area contributed by atoms with Crippen molar-refractivity contribution in [3.05, 3.63) is 0 Å². The third-order valence-electron chi connectivity index (χ3n) is 2.64. The summed E-state index contributed by atoms with van der Waals surface area (Å²) in [5.74, 6) is -0.608. The first kappa shape index (κ1) is 14.7. The van der Waals surface area contributed by atoms with Gasteiger partial charge >= 0.3 is 12.1 Å². The van der Waals surface area contributed by atoms with Gasteiger partial charge in [0.1, 0.15) is 17.8 Å². The third-order valence-corrected chi connectivity index (χ3v) is 2.64. The number of hydrogen-bond donors (Lipinski definition) is 0. The third kappa shape index (κ3) is 3.85. The van der Waals surface area contributed by atoms with Gasteiger partial charge in [-0.15, -0.1) is 0 Å². The first-order valence-electron chi connectivity index (χ1n) is 5.96. The van der Waals surface area contributed by atoms with Gasteiger partial charge in [0.05, 0.1) is 7.11 Å². The van der Waals surface area contributed by atoms with Crippen molar-refractivity contribution in [2.45, 2.75) is 51.4 Å². The maximum Gasteiger partial charge on any atom is 0.411 e. The standard InChI is InChI=1S/C12H20FNO4/c1-12(2,3)18-11(16)14-6-5-8(13)7-9(14)10(15)17-4/h8-9H,5-7H2,1-4H3/t8?,9-/m0/s1. The van der Waals surface area contributed by atoms with E-state index in [1.54, 1.807) is 20.8 Å². The molecule has 6 heteroatoms. The van der Waals surface area contributed by atoms with Crippen LogP contribution in [0.25, 0.3) is 0 Å². The minimum absolute atomic E-state index is 0.0358. The fourth-order valence-electron chi connectivity index (χ4n) is 1.82. The van der Waals surface area contributed by atoms with Crippen molar-refractivity contribution in [3.8, 4) is 0 Å². The topological polar surface area (TPSA) is 55.8 Å². The van der Waals surface area contributed by atoms with Crippen molar-refractivity contribution in [1.29, 1.82) is 0 Å². The number of esters is 1. The Morgan fingerprint density at radius 1 is 1.33 bits per heavy atom. The lowest BCUT2D eigenvalue weighted by Gasteiger charge is -2.36. The summed E-state index contributed by atoms with van der Waals surface area (Å²) in [4.78, 5) is 24.7. The molecule has 0 saturated carbocycles. The molecule has 5 nitrogen and oxygen atoms in total. The molecule has 1 saturated heterocycles. The summed E-state index contributed by atoms with van der Waals surface area (Å²) in [5.41, 5.74) is -0.648. The zero-order chi connectivity index (χ0) is 13.9. The molecule has 0 aromatic heterocycles. The van der Waals surface area contributed by atoms with Crippen LogP contribution in [0.1, 0.15) is 33.6 Å². The van der Waals surface area contributed by atoms with Crippen molar-refractivity contribution in [2.75, 3.05) is 13.7 Å². The quantitative estimate of drug-likeness (QED) is 0.676. The second kappa shape index (κ2) is 5.54. The zero-order valence-corrected chi connectivity index (χ0v) is 11.2. The lowest BCUT2D eigenvalue weighted by atomic mass is 10.0. The van der Waals surface area contributed by atoms with Crippen LogP contribution in [0.15, 0.2) is 0 Å². The van der Waals surface area contributed by atoms with Crippen molar-refractivity contribution < 1.29 is 23.5 Å². The molecule has 1 rings (SSSR count). The molecular weight excluding hydrogens is 241 g/mol. The van der Waals surface area contributed by atoms with Crippen LogP contribution >= 0.6 is 0 Å². The second-order valence-electron chi connectivity index (χ2n) is 5.33. The average molecular weight is 261 g/mol. The van der Waals surface area contributed by atoms with Crippen LogP contribution in [0.5, 0.6) is 0 Å². The highest BCUT2D eigenvalue weighted by atomic mass is 19.1. The Morgan fingerprint density at radius 3 is 2.44 bits per heavy atom. The van der Waals surface area contributed by atoms with Crippen molar-refractivity contribution in [3.63, 3.8) is 0 Å². The molecule has 0 N–H and O–H groups in total. The number of piperidine rings is 1. The molecule has 0 aliphatic carbocycles. The number of carbonyl (C=O) groups excluding carboxylic acids is 2. The molecule has 1 heterocycles. The molecule has 1 aliphatic heterocycles. The Hall–Kier alpha value is -1.33. The Labute approximate surface area is 106 Å². The summed E-state index contributed by atoms with van der Waals surface area (Å²) in [7, 11) is 1.22. The monoisotopic (exact) mass is 261 g/mol. The van der Waals surface area contributed by atoms with Crippen molar-refractivity contribution >= 4 is 12.1 Å². The first-order valence-corrected chi connectivity index (χ1v) is 5.96. The van der Waals surface area contributed by atoms with E-state index >= 15 is 0 Å². The predicted molar refractivity (Wildman–Crippen MR) is 62.9 cm³/mol. The van der Waals surface area contributed by atoms with Crippen LogP contribution in [0.4, 0.5) is 9.18 Å². The number of methoxy groups -OCH3 is 1. The Bertz CT molecular complexity index is 327. The lowest BCUT2D eigenvalue weighted by Crippen LogP contribution is -2.52. The molecule has 1 aliphatic rings. The highest BCUT2D eigenvalue weighted by Gasteiger charge is 2.38. The average Bonchev–Trinajstić information content (AvgIpc) is 2.25. The molecular formula is C12H20FNO4. The van der Waals surface area contributed by atoms with Crippen LogP contribution in [0.2, 0.25) is 0 Å². The van der Waals surface area contributed by atoms with E-state index < -0.39 is 29.9 Å². The molecule has 1 amide bonds. The molecule has 104 valence electrons. The number of rotatable bonds is 1. The lowest BCUT2D eigenvalue weighted by molar-refractivity contribution is -0.149. The molecule has 2 atom stereocenters. The molecule has 0 aromatic carbocycles. The molecule has 18 heavy (non-hydrogen) atoms. The fourth-order valence-corrected chi connectivity index (χ4v) is 1.82. The van der Waals surface area contributed by atoms with Gasteiger partial charge in [0.2, 0.25) is 0 Å². The largest absolute Gasteiger partial charge is 0.467 e. The van der Waals surface area contributed by atoms with Gasteiger partial charge in [-0.05, 0) is 27.2 Å². The summed E-state index contributed by atoms with van der Waals surface area (Å²) in [5, 5.41) is 0. The van der Waals surface area contributed by atoms with E-state index in [2.05, 4.69) is 4.74 Å². The van der Waals surface area contributed by atoms with E-state index in [9.17, 15) is 14.0 Å². The highest BCUT2D eigenvalue weighted by Crippen LogP contribution is 2.23. The van der Waals surface area contributed by atoms with Crippen LogP contribution in [0, 0.1) is 0 Å². The minimum atomic E-state index is -1.09. The number of nitrogens with zero attached hydrogens (tertiary/aromatic N) is 1. The molecule has 1 fully saturated rings. The minimum Gasteiger partial charge on any atom is -0.467 e. The normalized spacial score (nSPS) is 24.6. The summed E-state index contributed by atoms with van der Waals surface area (Å²) in [6.45, 7) is 5.37. The van der Waals surface area contributed by atoms with Gasteiger partial charge in [-0.1, -0.05) is 0 Å². The number of alkyl halides is 1. The highest BCUT2D eigenvalue weighted by molar-refractivity contribution is 5.81. The zero-order valence-electron chi connectivity index (χ0n) is 11.2.